The second-order valence-corrected chi connectivity index (χ2v) is 8.62. The van der Waals surface area contributed by atoms with Crippen LogP contribution in [0, 0.1) is 0 Å². The van der Waals surface area contributed by atoms with Gasteiger partial charge in [0.1, 0.15) is 0 Å². The van der Waals surface area contributed by atoms with E-state index in [9.17, 15) is 14.4 Å². The van der Waals surface area contributed by atoms with E-state index >= 15 is 0 Å². The smallest absolute Gasteiger partial charge is 0.337 e. The van der Waals surface area contributed by atoms with E-state index in [4.69, 9.17) is 4.74 Å². The number of thioether (sulfide) groups is 1. The summed E-state index contributed by atoms with van der Waals surface area (Å²) in [5.74, 6) is -0.390. The van der Waals surface area contributed by atoms with E-state index in [0.717, 1.165) is 17.7 Å². The van der Waals surface area contributed by atoms with Gasteiger partial charge in [-0.05, 0) is 43.2 Å². The van der Waals surface area contributed by atoms with Gasteiger partial charge >= 0.3 is 5.97 Å². The van der Waals surface area contributed by atoms with Crippen LogP contribution in [0.2, 0.25) is 0 Å². The van der Waals surface area contributed by atoms with E-state index in [2.05, 4.69) is 5.32 Å². The number of methoxy groups -OCH3 is 1. The van der Waals surface area contributed by atoms with Crippen LogP contribution in [-0.2, 0) is 9.53 Å². The van der Waals surface area contributed by atoms with Crippen LogP contribution in [0.25, 0.3) is 0 Å². The molecule has 1 N–H and O–H groups in total. The Kier molecular flexibility index (Phi) is 8.12. The highest BCUT2D eigenvalue weighted by molar-refractivity contribution is 8.00. The number of esters is 1. The van der Waals surface area contributed by atoms with Crippen molar-refractivity contribution in [2.75, 3.05) is 25.2 Å². The second kappa shape index (κ2) is 11.0. The predicted molar refractivity (Wildman–Crippen MR) is 123 cm³/mol. The molecule has 1 aliphatic carbocycles. The Morgan fingerprint density at radius 3 is 2.55 bits per heavy atom. The molecular formula is C24H28N2O4S. The number of anilines is 1. The van der Waals surface area contributed by atoms with Gasteiger partial charge in [-0.3, -0.25) is 9.59 Å². The molecule has 0 bridgehead atoms. The van der Waals surface area contributed by atoms with E-state index in [1.165, 1.54) is 38.1 Å². The lowest BCUT2D eigenvalue weighted by atomic mass is 9.94. The number of hydrogen-bond acceptors (Lipinski definition) is 5. The van der Waals surface area contributed by atoms with Gasteiger partial charge in [0, 0.05) is 23.7 Å². The van der Waals surface area contributed by atoms with Crippen LogP contribution in [0.5, 0.6) is 0 Å². The van der Waals surface area contributed by atoms with Crippen LogP contribution < -0.4 is 5.32 Å². The van der Waals surface area contributed by atoms with Crippen molar-refractivity contribution in [3.63, 3.8) is 0 Å². The molecule has 0 spiro atoms. The Balaban J connectivity index is 1.65. The fourth-order valence-electron chi connectivity index (χ4n) is 3.73. The van der Waals surface area contributed by atoms with Gasteiger partial charge in [0.25, 0.3) is 5.91 Å². The highest BCUT2D eigenvalue weighted by atomic mass is 32.2. The average Bonchev–Trinajstić information content (AvgIpc) is 2.82. The predicted octanol–water partition coefficient (Wildman–Crippen LogP) is 4.61. The first kappa shape index (κ1) is 22.9. The van der Waals surface area contributed by atoms with Gasteiger partial charge in [-0.15, -0.1) is 11.8 Å². The van der Waals surface area contributed by atoms with Crippen LogP contribution in [0.3, 0.4) is 0 Å². The number of hydrogen-bond donors (Lipinski definition) is 1. The fourth-order valence-corrected chi connectivity index (χ4v) is 4.71. The Bertz CT molecular complexity index is 941. The molecule has 2 aromatic rings. The van der Waals surface area contributed by atoms with Gasteiger partial charge in [0.15, 0.2) is 0 Å². The highest BCUT2D eigenvalue weighted by Gasteiger charge is 2.22. The minimum absolute atomic E-state index is 0.0814. The minimum atomic E-state index is -0.465. The summed E-state index contributed by atoms with van der Waals surface area (Å²) in [5, 5.41) is 2.82. The monoisotopic (exact) mass is 440 g/mol. The zero-order valence-corrected chi connectivity index (χ0v) is 18.7. The summed E-state index contributed by atoms with van der Waals surface area (Å²) >= 11 is 1.37. The van der Waals surface area contributed by atoms with Crippen molar-refractivity contribution in [1.29, 1.82) is 0 Å². The van der Waals surface area contributed by atoms with Crippen molar-refractivity contribution < 1.29 is 19.1 Å². The molecule has 0 aliphatic heterocycles. The van der Waals surface area contributed by atoms with E-state index in [1.807, 2.05) is 24.1 Å². The van der Waals surface area contributed by atoms with Crippen molar-refractivity contribution in [2.45, 2.75) is 43.0 Å². The first-order chi connectivity index (χ1) is 15.0. The lowest BCUT2D eigenvalue weighted by Crippen LogP contribution is -2.39. The van der Waals surface area contributed by atoms with Crippen molar-refractivity contribution in [1.82, 2.24) is 4.90 Å². The van der Waals surface area contributed by atoms with Crippen LogP contribution >= 0.6 is 11.8 Å². The fraction of sp³-hybridized carbons (Fsp3) is 0.375. The first-order valence-electron chi connectivity index (χ1n) is 10.5. The Hall–Kier alpha value is -2.80. The summed E-state index contributed by atoms with van der Waals surface area (Å²) in [7, 11) is 3.19. The van der Waals surface area contributed by atoms with E-state index in [0.29, 0.717) is 22.9 Å². The van der Waals surface area contributed by atoms with Gasteiger partial charge in [-0.1, -0.05) is 37.5 Å². The van der Waals surface area contributed by atoms with E-state index in [-0.39, 0.29) is 17.6 Å². The molecule has 7 heteroatoms. The number of carbonyl (C=O) groups excluding carboxylic acids is 3. The Labute approximate surface area is 187 Å². The van der Waals surface area contributed by atoms with Gasteiger partial charge in [-0.25, -0.2) is 4.79 Å². The summed E-state index contributed by atoms with van der Waals surface area (Å²) in [4.78, 5) is 39.9. The maximum Gasteiger partial charge on any atom is 0.337 e. The van der Waals surface area contributed by atoms with Crippen LogP contribution in [0.4, 0.5) is 5.69 Å². The molecule has 0 heterocycles. The SMILES string of the molecule is COC(=O)c1cccc(NC(=O)c2ccccc2SCC(=O)N(C)C2CCCCC2)c1. The third-order valence-corrected chi connectivity index (χ3v) is 6.60. The molecule has 1 fully saturated rings. The third-order valence-electron chi connectivity index (χ3n) is 5.54. The van der Waals surface area contributed by atoms with Gasteiger partial charge in [0.05, 0.1) is 24.0 Å². The largest absolute Gasteiger partial charge is 0.465 e. The molecule has 2 aromatic carbocycles. The summed E-state index contributed by atoms with van der Waals surface area (Å²) in [6.45, 7) is 0. The van der Waals surface area contributed by atoms with E-state index < -0.39 is 5.97 Å². The van der Waals surface area contributed by atoms with Gasteiger partial charge in [-0.2, -0.15) is 0 Å². The summed E-state index contributed by atoms with van der Waals surface area (Å²) in [6, 6.07) is 14.1. The molecular weight excluding hydrogens is 412 g/mol. The molecule has 0 aromatic heterocycles. The zero-order chi connectivity index (χ0) is 22.2. The number of nitrogens with one attached hydrogen (secondary N) is 1. The molecule has 2 amide bonds. The standard InChI is InChI=1S/C24H28N2O4S/c1-26(19-11-4-3-5-12-19)22(27)16-31-21-14-7-6-13-20(21)23(28)25-18-10-8-9-17(15-18)24(29)30-2/h6-10,13-15,19H,3-5,11-12,16H2,1-2H3,(H,25,28). The molecule has 0 unspecified atom stereocenters. The molecule has 0 atom stereocenters. The maximum absolute atomic E-state index is 12.9. The van der Waals surface area contributed by atoms with Crippen molar-refractivity contribution in [3.8, 4) is 0 Å². The molecule has 3 rings (SSSR count). The third kappa shape index (κ3) is 6.10. The number of amides is 2. The summed E-state index contributed by atoms with van der Waals surface area (Å²) < 4.78 is 4.73. The number of carbonyl (C=O) groups is 3. The summed E-state index contributed by atoms with van der Waals surface area (Å²) in [6.07, 6.45) is 5.73. The molecule has 31 heavy (non-hydrogen) atoms. The topological polar surface area (TPSA) is 75.7 Å². The van der Waals surface area contributed by atoms with Crippen molar-refractivity contribution in [2.24, 2.45) is 0 Å². The number of nitrogens with zero attached hydrogens (tertiary/aromatic N) is 1. The molecule has 6 nitrogen and oxygen atoms in total. The Morgan fingerprint density at radius 2 is 1.81 bits per heavy atom. The van der Waals surface area contributed by atoms with Gasteiger partial charge in [0.2, 0.25) is 5.91 Å². The molecule has 1 aliphatic rings. The molecule has 0 radical (unpaired) electrons. The van der Waals surface area contributed by atoms with Crippen molar-refractivity contribution >= 4 is 35.2 Å². The zero-order valence-electron chi connectivity index (χ0n) is 17.9. The minimum Gasteiger partial charge on any atom is -0.465 e. The normalized spacial score (nSPS) is 14.0. The van der Waals surface area contributed by atoms with Gasteiger partial charge < -0.3 is 15.0 Å². The molecule has 164 valence electrons. The maximum atomic E-state index is 12.9. The van der Waals surface area contributed by atoms with Crippen LogP contribution in [0.1, 0.15) is 52.8 Å². The first-order valence-corrected chi connectivity index (χ1v) is 11.5. The van der Waals surface area contributed by atoms with E-state index in [1.54, 1.807) is 36.4 Å². The lowest BCUT2D eigenvalue weighted by molar-refractivity contribution is -0.129. The quantitative estimate of drug-likeness (QED) is 0.503. The van der Waals surface area contributed by atoms with Crippen LogP contribution in [-0.4, -0.2) is 48.6 Å². The van der Waals surface area contributed by atoms with Crippen LogP contribution in [0.15, 0.2) is 53.4 Å². The Morgan fingerprint density at radius 1 is 1.06 bits per heavy atom. The number of rotatable bonds is 7. The van der Waals surface area contributed by atoms with Crippen molar-refractivity contribution in [3.05, 3.63) is 59.7 Å². The molecule has 0 saturated heterocycles. The second-order valence-electron chi connectivity index (χ2n) is 7.61. The highest BCUT2D eigenvalue weighted by Crippen LogP contribution is 2.26. The lowest BCUT2D eigenvalue weighted by Gasteiger charge is -2.31. The number of ether oxygens (including phenoxy) is 1. The molecule has 1 saturated carbocycles. The summed E-state index contributed by atoms with van der Waals surface area (Å²) in [5.41, 5.74) is 1.35. The average molecular weight is 441 g/mol. The number of benzene rings is 2.